The van der Waals surface area contributed by atoms with Gasteiger partial charge in [-0.1, -0.05) is 35.9 Å². The number of para-hydroxylation sites is 1. The minimum atomic E-state index is -0.396. The van der Waals surface area contributed by atoms with E-state index >= 15 is 0 Å². The van der Waals surface area contributed by atoms with Gasteiger partial charge in [0, 0.05) is 16.5 Å². The molecule has 3 aromatic rings. The zero-order valence-corrected chi connectivity index (χ0v) is 12.2. The second-order valence-corrected chi connectivity index (χ2v) is 5.16. The van der Waals surface area contributed by atoms with Gasteiger partial charge in [0.15, 0.2) is 0 Å². The van der Waals surface area contributed by atoms with Crippen molar-refractivity contribution in [1.82, 2.24) is 4.98 Å². The average Bonchev–Trinajstić information content (AvgIpc) is 2.52. The summed E-state index contributed by atoms with van der Waals surface area (Å²) in [4.78, 5) is 15.1. The first kappa shape index (κ1) is 14.2. The Balaban J connectivity index is 1.97. The molecule has 0 unspecified atom stereocenters. The van der Waals surface area contributed by atoms with Gasteiger partial charge in [-0.25, -0.2) is 4.98 Å². The Morgan fingerprint density at radius 2 is 1.82 bits per heavy atom. The molecule has 0 aliphatic carbocycles. The first-order valence-corrected chi connectivity index (χ1v) is 6.99. The van der Waals surface area contributed by atoms with E-state index in [-0.39, 0.29) is 5.69 Å². The number of fused-ring (bicyclic) bond motifs is 1. The van der Waals surface area contributed by atoms with Gasteiger partial charge in [0.05, 0.1) is 21.7 Å². The molecule has 0 fully saturated rings. The SMILES string of the molecule is O=[N+]([O-])c1ccccc1/C=C/c1ccc2ccc(Cl)cc2n1. The quantitative estimate of drug-likeness (QED) is 0.507. The fourth-order valence-electron chi connectivity index (χ4n) is 2.17. The molecule has 3 rings (SSSR count). The van der Waals surface area contributed by atoms with E-state index in [0.29, 0.717) is 16.3 Å². The molecule has 0 spiro atoms. The smallest absolute Gasteiger partial charge is 0.258 e. The normalized spacial score (nSPS) is 11.1. The molecule has 0 bridgehead atoms. The van der Waals surface area contributed by atoms with E-state index in [1.807, 2.05) is 24.3 Å². The van der Waals surface area contributed by atoms with Gasteiger partial charge in [0.25, 0.3) is 5.69 Å². The first-order valence-electron chi connectivity index (χ1n) is 6.61. The fraction of sp³-hybridized carbons (Fsp3) is 0. The lowest BCUT2D eigenvalue weighted by Crippen LogP contribution is -1.90. The van der Waals surface area contributed by atoms with Crippen molar-refractivity contribution in [2.45, 2.75) is 0 Å². The molecule has 0 N–H and O–H groups in total. The van der Waals surface area contributed by atoms with Crippen LogP contribution in [0.2, 0.25) is 5.02 Å². The van der Waals surface area contributed by atoms with E-state index in [9.17, 15) is 10.1 Å². The molecule has 0 radical (unpaired) electrons. The van der Waals surface area contributed by atoms with Crippen LogP contribution in [0.4, 0.5) is 5.69 Å². The Kier molecular flexibility index (Phi) is 3.85. The van der Waals surface area contributed by atoms with Crippen molar-refractivity contribution in [3.63, 3.8) is 0 Å². The number of pyridine rings is 1. The Hall–Kier alpha value is -2.72. The van der Waals surface area contributed by atoms with Gasteiger partial charge in [-0.2, -0.15) is 0 Å². The van der Waals surface area contributed by atoms with Gasteiger partial charge in [-0.05, 0) is 36.4 Å². The van der Waals surface area contributed by atoms with E-state index < -0.39 is 4.92 Å². The van der Waals surface area contributed by atoms with Crippen LogP contribution in [0, 0.1) is 10.1 Å². The van der Waals surface area contributed by atoms with Crippen LogP contribution in [0.5, 0.6) is 0 Å². The number of hydrogen-bond donors (Lipinski definition) is 0. The third-order valence-corrected chi connectivity index (χ3v) is 3.48. The summed E-state index contributed by atoms with van der Waals surface area (Å²) >= 11 is 5.97. The number of hydrogen-bond acceptors (Lipinski definition) is 3. The second-order valence-electron chi connectivity index (χ2n) is 4.72. The van der Waals surface area contributed by atoms with E-state index in [1.165, 1.54) is 6.07 Å². The maximum absolute atomic E-state index is 11.0. The van der Waals surface area contributed by atoms with Crippen LogP contribution in [0.15, 0.2) is 54.6 Å². The number of nitro groups is 1. The number of benzene rings is 2. The van der Waals surface area contributed by atoms with E-state index in [2.05, 4.69) is 4.98 Å². The third kappa shape index (κ3) is 2.97. The second kappa shape index (κ2) is 5.95. The van der Waals surface area contributed by atoms with E-state index in [0.717, 1.165) is 10.9 Å². The maximum Gasteiger partial charge on any atom is 0.276 e. The van der Waals surface area contributed by atoms with Gasteiger partial charge in [-0.15, -0.1) is 0 Å². The van der Waals surface area contributed by atoms with Crippen LogP contribution in [-0.2, 0) is 0 Å². The molecular weight excluding hydrogens is 300 g/mol. The van der Waals surface area contributed by atoms with Crippen molar-refractivity contribution < 1.29 is 4.92 Å². The molecule has 108 valence electrons. The van der Waals surface area contributed by atoms with Crippen LogP contribution in [0.25, 0.3) is 23.1 Å². The van der Waals surface area contributed by atoms with E-state index in [1.54, 1.807) is 36.4 Å². The monoisotopic (exact) mass is 310 g/mol. The van der Waals surface area contributed by atoms with Gasteiger partial charge >= 0.3 is 0 Å². The maximum atomic E-state index is 11.0. The molecule has 1 heterocycles. The summed E-state index contributed by atoms with van der Waals surface area (Å²) in [6, 6.07) is 15.9. The third-order valence-electron chi connectivity index (χ3n) is 3.24. The Morgan fingerprint density at radius 1 is 1.05 bits per heavy atom. The molecule has 0 aliphatic heterocycles. The highest BCUT2D eigenvalue weighted by atomic mass is 35.5. The van der Waals surface area contributed by atoms with Crippen LogP contribution in [0.1, 0.15) is 11.3 Å². The Bertz CT molecular complexity index is 891. The standard InChI is InChI=1S/C17H11ClN2O2/c18-14-8-5-12-6-9-15(19-16(12)11-14)10-7-13-3-1-2-4-17(13)20(21)22/h1-11H/b10-7+. The first-order chi connectivity index (χ1) is 10.6. The molecule has 0 aliphatic rings. The summed E-state index contributed by atoms with van der Waals surface area (Å²) < 4.78 is 0. The summed E-state index contributed by atoms with van der Waals surface area (Å²) in [5.74, 6) is 0. The summed E-state index contributed by atoms with van der Waals surface area (Å²) in [6.07, 6.45) is 3.44. The highest BCUT2D eigenvalue weighted by molar-refractivity contribution is 6.31. The number of halogens is 1. The molecule has 1 aromatic heterocycles. The largest absolute Gasteiger partial charge is 0.276 e. The number of nitro benzene ring substituents is 1. The summed E-state index contributed by atoms with van der Waals surface area (Å²) in [5, 5.41) is 12.6. The Labute approximate surface area is 131 Å². The van der Waals surface area contributed by atoms with Crippen molar-refractivity contribution in [2.24, 2.45) is 0 Å². The lowest BCUT2D eigenvalue weighted by atomic mass is 10.1. The van der Waals surface area contributed by atoms with Gasteiger partial charge < -0.3 is 0 Å². The Morgan fingerprint density at radius 3 is 2.64 bits per heavy atom. The van der Waals surface area contributed by atoms with Crippen molar-refractivity contribution in [3.8, 4) is 0 Å². The lowest BCUT2D eigenvalue weighted by Gasteiger charge is -2.00. The van der Waals surface area contributed by atoms with Gasteiger partial charge in [0.1, 0.15) is 0 Å². The molecule has 0 saturated heterocycles. The van der Waals surface area contributed by atoms with Crippen molar-refractivity contribution >= 4 is 40.3 Å². The number of nitrogens with zero attached hydrogens (tertiary/aromatic N) is 2. The van der Waals surface area contributed by atoms with Crippen molar-refractivity contribution in [3.05, 3.63) is 81.0 Å². The topological polar surface area (TPSA) is 56.0 Å². The predicted octanol–water partition coefficient (Wildman–Crippen LogP) is 4.97. The zero-order valence-electron chi connectivity index (χ0n) is 11.4. The van der Waals surface area contributed by atoms with Crippen LogP contribution < -0.4 is 0 Å². The predicted molar refractivity (Wildman–Crippen MR) is 88.8 cm³/mol. The molecule has 0 amide bonds. The molecular formula is C17H11ClN2O2. The highest BCUT2D eigenvalue weighted by Crippen LogP contribution is 2.21. The molecule has 0 saturated carbocycles. The highest BCUT2D eigenvalue weighted by Gasteiger charge is 2.09. The van der Waals surface area contributed by atoms with Crippen molar-refractivity contribution in [1.29, 1.82) is 0 Å². The van der Waals surface area contributed by atoms with Crippen LogP contribution in [-0.4, -0.2) is 9.91 Å². The van der Waals surface area contributed by atoms with Crippen LogP contribution in [0.3, 0.4) is 0 Å². The molecule has 22 heavy (non-hydrogen) atoms. The fourth-order valence-corrected chi connectivity index (χ4v) is 2.34. The van der Waals surface area contributed by atoms with E-state index in [4.69, 9.17) is 11.6 Å². The molecule has 2 aromatic carbocycles. The number of rotatable bonds is 3. The summed E-state index contributed by atoms with van der Waals surface area (Å²) in [6.45, 7) is 0. The molecule has 5 heteroatoms. The zero-order chi connectivity index (χ0) is 15.5. The minimum Gasteiger partial charge on any atom is -0.258 e. The van der Waals surface area contributed by atoms with Gasteiger partial charge in [-0.3, -0.25) is 10.1 Å². The summed E-state index contributed by atoms with van der Waals surface area (Å²) in [5.41, 5.74) is 2.12. The molecule has 0 atom stereocenters. The minimum absolute atomic E-state index is 0.0718. The van der Waals surface area contributed by atoms with Gasteiger partial charge in [0.2, 0.25) is 0 Å². The number of aromatic nitrogens is 1. The van der Waals surface area contributed by atoms with Crippen LogP contribution >= 0.6 is 11.6 Å². The lowest BCUT2D eigenvalue weighted by molar-refractivity contribution is -0.385. The summed E-state index contributed by atoms with van der Waals surface area (Å²) in [7, 11) is 0. The molecule has 4 nitrogen and oxygen atoms in total. The average molecular weight is 311 g/mol. The van der Waals surface area contributed by atoms with Crippen molar-refractivity contribution in [2.75, 3.05) is 0 Å².